The maximum absolute atomic E-state index is 12.6. The van der Waals surface area contributed by atoms with Gasteiger partial charge in [-0.15, -0.1) is 0 Å². The fourth-order valence-corrected chi connectivity index (χ4v) is 3.49. The van der Waals surface area contributed by atoms with Crippen molar-refractivity contribution in [3.05, 3.63) is 75.8 Å². The van der Waals surface area contributed by atoms with Crippen LogP contribution in [0.3, 0.4) is 0 Å². The Kier molecular flexibility index (Phi) is 6.22. The van der Waals surface area contributed by atoms with E-state index in [-0.39, 0.29) is 5.56 Å². The van der Waals surface area contributed by atoms with Crippen molar-refractivity contribution in [1.29, 1.82) is 0 Å². The second-order valence-corrected chi connectivity index (χ2v) is 7.56. The Morgan fingerprint density at radius 1 is 1.14 bits per heavy atom. The van der Waals surface area contributed by atoms with Gasteiger partial charge < -0.3 is 14.6 Å². The van der Waals surface area contributed by atoms with Crippen molar-refractivity contribution < 1.29 is 4.74 Å². The number of halogens is 1. The number of pyridine rings is 1. The lowest BCUT2D eigenvalue weighted by Gasteiger charge is -2.23. The van der Waals surface area contributed by atoms with Gasteiger partial charge in [0.15, 0.2) is 0 Å². The Balaban J connectivity index is 1.45. The molecule has 1 aliphatic rings. The second kappa shape index (κ2) is 9.20. The zero-order valence-corrected chi connectivity index (χ0v) is 16.8. The van der Waals surface area contributed by atoms with E-state index in [2.05, 4.69) is 15.3 Å². The first kappa shape index (κ1) is 19.6. The van der Waals surface area contributed by atoms with Crippen LogP contribution in [-0.2, 0) is 17.7 Å². The second-order valence-electron chi connectivity index (χ2n) is 7.12. The molecule has 1 aliphatic heterocycles. The maximum atomic E-state index is 12.6. The Morgan fingerprint density at radius 2 is 1.93 bits per heavy atom. The number of anilines is 1. The summed E-state index contributed by atoms with van der Waals surface area (Å²) in [6.07, 6.45) is 6.19. The Morgan fingerprint density at radius 3 is 2.69 bits per heavy atom. The number of aromatic nitrogens is 3. The summed E-state index contributed by atoms with van der Waals surface area (Å²) in [6, 6.07) is 13.4. The van der Waals surface area contributed by atoms with Crippen molar-refractivity contribution in [2.24, 2.45) is 0 Å². The molecular weight excluding hydrogens is 388 g/mol. The third kappa shape index (κ3) is 5.22. The molecule has 7 heteroatoms. The van der Waals surface area contributed by atoms with Gasteiger partial charge in [-0.1, -0.05) is 23.7 Å². The summed E-state index contributed by atoms with van der Waals surface area (Å²) in [5.74, 6) is 0.585. The third-order valence-electron chi connectivity index (χ3n) is 5.06. The molecule has 0 saturated carbocycles. The monoisotopic (exact) mass is 410 g/mol. The average molecular weight is 411 g/mol. The summed E-state index contributed by atoms with van der Waals surface area (Å²) < 4.78 is 7.09. The van der Waals surface area contributed by atoms with E-state index in [1.807, 2.05) is 42.6 Å². The van der Waals surface area contributed by atoms with Gasteiger partial charge in [0.1, 0.15) is 0 Å². The van der Waals surface area contributed by atoms with Gasteiger partial charge in [-0.25, -0.2) is 9.97 Å². The third-order valence-corrected chi connectivity index (χ3v) is 5.31. The van der Waals surface area contributed by atoms with Gasteiger partial charge in [0.2, 0.25) is 5.95 Å². The molecular formula is C22H23ClN4O2. The maximum Gasteiger partial charge on any atom is 0.251 e. The van der Waals surface area contributed by atoms with Crippen LogP contribution in [-0.4, -0.2) is 33.8 Å². The van der Waals surface area contributed by atoms with Crippen molar-refractivity contribution in [2.45, 2.75) is 31.8 Å². The standard InChI is InChI=1S/C22H23ClN4O2/c23-18-3-1-16(2-4-18)6-11-27-12-7-17(15-21(27)28)20-5-10-24-22(26-20)25-19-8-13-29-14-9-19/h1-5,7,10,12,15,19H,6,8-9,11,13-14H2,(H,24,25,26). The van der Waals surface area contributed by atoms with Gasteiger partial charge >= 0.3 is 0 Å². The topological polar surface area (TPSA) is 69.0 Å². The molecule has 1 fully saturated rings. The summed E-state index contributed by atoms with van der Waals surface area (Å²) >= 11 is 5.92. The number of nitrogens with one attached hydrogen (secondary N) is 1. The minimum atomic E-state index is -0.0472. The smallest absolute Gasteiger partial charge is 0.251 e. The van der Waals surface area contributed by atoms with Gasteiger partial charge in [-0.3, -0.25) is 4.79 Å². The van der Waals surface area contributed by atoms with E-state index in [4.69, 9.17) is 16.3 Å². The molecule has 0 unspecified atom stereocenters. The van der Waals surface area contributed by atoms with Crippen molar-refractivity contribution in [2.75, 3.05) is 18.5 Å². The number of nitrogens with zero attached hydrogens (tertiary/aromatic N) is 3. The van der Waals surface area contributed by atoms with Crippen LogP contribution in [0.25, 0.3) is 11.3 Å². The van der Waals surface area contributed by atoms with E-state index in [9.17, 15) is 4.79 Å². The van der Waals surface area contributed by atoms with Crippen LogP contribution in [0.15, 0.2) is 59.7 Å². The Hall–Kier alpha value is -2.70. The molecule has 1 saturated heterocycles. The van der Waals surface area contributed by atoms with Crippen LogP contribution >= 0.6 is 11.6 Å². The van der Waals surface area contributed by atoms with Crippen molar-refractivity contribution in [1.82, 2.24) is 14.5 Å². The number of hydrogen-bond donors (Lipinski definition) is 1. The first-order chi connectivity index (χ1) is 14.2. The van der Waals surface area contributed by atoms with Crippen molar-refractivity contribution in [3.8, 4) is 11.3 Å². The summed E-state index contributed by atoms with van der Waals surface area (Å²) in [4.78, 5) is 21.5. The summed E-state index contributed by atoms with van der Waals surface area (Å²) in [7, 11) is 0. The highest BCUT2D eigenvalue weighted by molar-refractivity contribution is 6.30. The molecule has 29 heavy (non-hydrogen) atoms. The lowest BCUT2D eigenvalue weighted by molar-refractivity contribution is 0.0903. The number of rotatable bonds is 6. The predicted molar refractivity (Wildman–Crippen MR) is 114 cm³/mol. The number of ether oxygens (including phenoxy) is 1. The van der Waals surface area contributed by atoms with Gasteiger partial charge in [0, 0.05) is 54.8 Å². The fourth-order valence-electron chi connectivity index (χ4n) is 3.37. The van der Waals surface area contributed by atoms with E-state index in [1.54, 1.807) is 16.8 Å². The molecule has 0 atom stereocenters. The number of benzene rings is 1. The summed E-state index contributed by atoms with van der Waals surface area (Å²) in [5.41, 5.74) is 2.62. The molecule has 0 radical (unpaired) electrons. The molecule has 3 aromatic rings. The van der Waals surface area contributed by atoms with E-state index >= 15 is 0 Å². The van der Waals surface area contributed by atoms with Crippen molar-refractivity contribution >= 4 is 17.5 Å². The van der Waals surface area contributed by atoms with Crippen LogP contribution < -0.4 is 10.9 Å². The molecule has 0 bridgehead atoms. The first-order valence-electron chi connectivity index (χ1n) is 9.80. The van der Waals surface area contributed by atoms with Crippen LogP contribution in [0.5, 0.6) is 0 Å². The van der Waals surface area contributed by atoms with E-state index in [1.165, 1.54) is 0 Å². The van der Waals surface area contributed by atoms with Crippen LogP contribution in [0.2, 0.25) is 5.02 Å². The largest absolute Gasteiger partial charge is 0.381 e. The lowest BCUT2D eigenvalue weighted by Crippen LogP contribution is -2.28. The molecule has 0 aliphatic carbocycles. The minimum absolute atomic E-state index is 0.0472. The molecule has 0 amide bonds. The predicted octanol–water partition coefficient (Wildman–Crippen LogP) is 3.79. The molecule has 0 spiro atoms. The number of hydrogen-bond acceptors (Lipinski definition) is 5. The Bertz CT molecular complexity index is 1010. The highest BCUT2D eigenvalue weighted by Gasteiger charge is 2.15. The molecule has 4 rings (SSSR count). The normalized spacial score (nSPS) is 14.7. The molecule has 6 nitrogen and oxygen atoms in total. The average Bonchev–Trinajstić information content (AvgIpc) is 2.75. The molecule has 150 valence electrons. The summed E-state index contributed by atoms with van der Waals surface area (Å²) in [6.45, 7) is 2.12. The molecule has 1 aromatic carbocycles. The van der Waals surface area contributed by atoms with Gasteiger partial charge in [0.05, 0.1) is 5.69 Å². The van der Waals surface area contributed by atoms with E-state index < -0.39 is 0 Å². The fraction of sp³-hybridized carbons (Fsp3) is 0.318. The first-order valence-corrected chi connectivity index (χ1v) is 10.2. The van der Waals surface area contributed by atoms with E-state index in [0.717, 1.165) is 49.3 Å². The Labute approximate surface area is 174 Å². The lowest BCUT2D eigenvalue weighted by atomic mass is 10.1. The van der Waals surface area contributed by atoms with Crippen molar-refractivity contribution in [3.63, 3.8) is 0 Å². The molecule has 1 N–H and O–H groups in total. The van der Waals surface area contributed by atoms with Crippen LogP contribution in [0.4, 0.5) is 5.95 Å². The molecule has 2 aromatic heterocycles. The highest BCUT2D eigenvalue weighted by atomic mass is 35.5. The van der Waals surface area contributed by atoms with Gasteiger partial charge in [0.25, 0.3) is 5.56 Å². The minimum Gasteiger partial charge on any atom is -0.381 e. The van der Waals surface area contributed by atoms with E-state index in [0.29, 0.717) is 23.6 Å². The zero-order chi connectivity index (χ0) is 20.1. The van der Waals surface area contributed by atoms with Gasteiger partial charge in [-0.2, -0.15) is 0 Å². The molecule has 3 heterocycles. The van der Waals surface area contributed by atoms with Crippen LogP contribution in [0.1, 0.15) is 18.4 Å². The SMILES string of the molecule is O=c1cc(-c2ccnc(NC3CCOCC3)n2)ccn1CCc1ccc(Cl)cc1. The van der Waals surface area contributed by atoms with Crippen LogP contribution in [0, 0.1) is 0 Å². The zero-order valence-electron chi connectivity index (χ0n) is 16.1. The van der Waals surface area contributed by atoms with Gasteiger partial charge in [-0.05, 0) is 49.1 Å². The quantitative estimate of drug-likeness (QED) is 0.669. The number of aryl methyl sites for hydroxylation is 2. The summed E-state index contributed by atoms with van der Waals surface area (Å²) in [5, 5.41) is 4.08. The highest BCUT2D eigenvalue weighted by Crippen LogP contribution is 2.18.